The first-order valence-electron chi connectivity index (χ1n) is 7.75. The van der Waals surface area contributed by atoms with E-state index in [1.807, 2.05) is 30.3 Å². The van der Waals surface area contributed by atoms with Crippen LogP contribution in [0, 0.1) is 5.82 Å². The molecule has 0 bridgehead atoms. The van der Waals surface area contributed by atoms with Crippen LogP contribution in [-0.4, -0.2) is 27.2 Å². The van der Waals surface area contributed by atoms with E-state index in [9.17, 15) is 9.18 Å². The molecule has 2 aromatic carbocycles. The summed E-state index contributed by atoms with van der Waals surface area (Å²) in [5.74, 6) is 0.204. The molecule has 4 rings (SSSR count). The van der Waals surface area contributed by atoms with E-state index in [1.165, 1.54) is 10.7 Å². The van der Waals surface area contributed by atoms with Crippen LogP contribution in [0.25, 0.3) is 11.4 Å². The monoisotopic (exact) mass is 322 g/mol. The second kappa shape index (κ2) is 5.88. The number of carbonyl (C=O) groups excluding carboxylic acids is 1. The average Bonchev–Trinajstić information content (AvgIpc) is 3.23. The van der Waals surface area contributed by atoms with E-state index in [-0.39, 0.29) is 18.3 Å². The number of fused-ring (bicyclic) bond motifs is 1. The van der Waals surface area contributed by atoms with Crippen LogP contribution in [0.1, 0.15) is 5.56 Å². The van der Waals surface area contributed by atoms with Crippen molar-refractivity contribution in [3.05, 3.63) is 66.2 Å². The maximum atomic E-state index is 13.8. The molecular formula is C18H15FN4O. The van der Waals surface area contributed by atoms with Crippen LogP contribution in [0.4, 0.5) is 10.1 Å². The van der Waals surface area contributed by atoms with E-state index in [4.69, 9.17) is 0 Å². The molecule has 0 aliphatic carbocycles. The average molecular weight is 322 g/mol. The van der Waals surface area contributed by atoms with Crippen molar-refractivity contribution < 1.29 is 9.18 Å². The fourth-order valence-corrected chi connectivity index (χ4v) is 2.96. The number of hydrogen-bond donors (Lipinski definition) is 0. The number of amides is 1. The minimum Gasteiger partial charge on any atom is -0.310 e. The molecule has 0 atom stereocenters. The van der Waals surface area contributed by atoms with Crippen LogP contribution in [-0.2, 0) is 17.8 Å². The highest BCUT2D eigenvalue weighted by Crippen LogP contribution is 2.30. The summed E-state index contributed by atoms with van der Waals surface area (Å²) in [6, 6.07) is 14.4. The molecule has 1 aliphatic rings. The van der Waals surface area contributed by atoms with E-state index in [0.29, 0.717) is 30.0 Å². The molecule has 0 saturated heterocycles. The van der Waals surface area contributed by atoms with Gasteiger partial charge in [0.25, 0.3) is 0 Å². The molecule has 0 spiro atoms. The van der Waals surface area contributed by atoms with Gasteiger partial charge in [-0.15, -0.1) is 0 Å². The molecule has 6 heteroatoms. The molecule has 0 radical (unpaired) electrons. The molecular weight excluding hydrogens is 307 g/mol. The Bertz CT molecular complexity index is 891. The van der Waals surface area contributed by atoms with Crippen molar-refractivity contribution in [2.24, 2.45) is 0 Å². The number of benzene rings is 2. The normalized spacial score (nSPS) is 13.1. The van der Waals surface area contributed by atoms with Crippen molar-refractivity contribution >= 4 is 11.6 Å². The molecule has 24 heavy (non-hydrogen) atoms. The quantitative estimate of drug-likeness (QED) is 0.745. The zero-order valence-electron chi connectivity index (χ0n) is 12.9. The Morgan fingerprint density at radius 3 is 2.79 bits per heavy atom. The molecule has 0 saturated carbocycles. The standard InChI is InChI=1S/C18H15FN4O/c19-15-7-4-8-16-14(15)9-10-23(16)17(24)11-22-12-20-18(21-22)13-5-2-1-3-6-13/h1-8,12H,9-11H2. The van der Waals surface area contributed by atoms with Gasteiger partial charge in [-0.05, 0) is 18.6 Å². The largest absolute Gasteiger partial charge is 0.310 e. The molecule has 0 unspecified atom stereocenters. The Kier molecular flexibility index (Phi) is 3.57. The summed E-state index contributed by atoms with van der Waals surface area (Å²) < 4.78 is 15.3. The first kappa shape index (κ1) is 14.6. The summed E-state index contributed by atoms with van der Waals surface area (Å²) in [4.78, 5) is 18.4. The Hall–Kier alpha value is -3.02. The lowest BCUT2D eigenvalue weighted by atomic mass is 10.1. The zero-order chi connectivity index (χ0) is 16.5. The van der Waals surface area contributed by atoms with Gasteiger partial charge < -0.3 is 4.90 Å². The molecule has 2 heterocycles. The first-order chi connectivity index (χ1) is 11.7. The van der Waals surface area contributed by atoms with Gasteiger partial charge in [-0.2, -0.15) is 5.10 Å². The van der Waals surface area contributed by atoms with Crippen molar-refractivity contribution in [2.75, 3.05) is 11.4 Å². The van der Waals surface area contributed by atoms with Crippen LogP contribution in [0.15, 0.2) is 54.9 Å². The van der Waals surface area contributed by atoms with Crippen LogP contribution in [0.3, 0.4) is 0 Å². The highest BCUT2D eigenvalue weighted by molar-refractivity contribution is 5.95. The summed E-state index contributed by atoms with van der Waals surface area (Å²) in [5, 5.41) is 4.35. The number of nitrogens with zero attached hydrogens (tertiary/aromatic N) is 4. The Morgan fingerprint density at radius 2 is 1.96 bits per heavy atom. The van der Waals surface area contributed by atoms with Gasteiger partial charge in [-0.3, -0.25) is 4.79 Å². The third kappa shape index (κ3) is 2.56. The number of aromatic nitrogens is 3. The maximum Gasteiger partial charge on any atom is 0.248 e. The van der Waals surface area contributed by atoms with E-state index in [0.717, 1.165) is 5.56 Å². The van der Waals surface area contributed by atoms with Crippen LogP contribution >= 0.6 is 0 Å². The van der Waals surface area contributed by atoms with E-state index in [2.05, 4.69) is 10.1 Å². The number of halogens is 1. The van der Waals surface area contributed by atoms with Gasteiger partial charge >= 0.3 is 0 Å². The molecule has 1 aliphatic heterocycles. The second-order valence-corrected chi connectivity index (χ2v) is 5.66. The van der Waals surface area contributed by atoms with Gasteiger partial charge in [0.2, 0.25) is 5.91 Å². The van der Waals surface area contributed by atoms with Crippen molar-refractivity contribution in [3.63, 3.8) is 0 Å². The van der Waals surface area contributed by atoms with Crippen LogP contribution in [0.5, 0.6) is 0 Å². The molecule has 5 nitrogen and oxygen atoms in total. The molecule has 0 fully saturated rings. The third-order valence-electron chi connectivity index (χ3n) is 4.14. The van der Waals surface area contributed by atoms with Gasteiger partial charge in [0.15, 0.2) is 5.82 Å². The minimum atomic E-state index is -0.255. The number of carbonyl (C=O) groups is 1. The van der Waals surface area contributed by atoms with E-state index in [1.54, 1.807) is 23.4 Å². The van der Waals surface area contributed by atoms with Crippen LogP contribution < -0.4 is 4.90 Å². The smallest absolute Gasteiger partial charge is 0.248 e. The van der Waals surface area contributed by atoms with Crippen molar-refractivity contribution in [2.45, 2.75) is 13.0 Å². The predicted octanol–water partition coefficient (Wildman–Crippen LogP) is 2.67. The van der Waals surface area contributed by atoms with Gasteiger partial charge in [-0.1, -0.05) is 36.4 Å². The summed E-state index contributed by atoms with van der Waals surface area (Å²) >= 11 is 0. The Morgan fingerprint density at radius 1 is 1.12 bits per heavy atom. The predicted molar refractivity (Wildman–Crippen MR) is 87.9 cm³/mol. The second-order valence-electron chi connectivity index (χ2n) is 5.66. The fraction of sp³-hybridized carbons (Fsp3) is 0.167. The summed E-state index contributed by atoms with van der Waals surface area (Å²) in [5.41, 5.74) is 2.16. The topological polar surface area (TPSA) is 51.0 Å². The van der Waals surface area contributed by atoms with E-state index >= 15 is 0 Å². The number of rotatable bonds is 3. The lowest BCUT2D eigenvalue weighted by molar-refractivity contribution is -0.119. The number of hydrogen-bond acceptors (Lipinski definition) is 3. The van der Waals surface area contributed by atoms with Gasteiger partial charge in [0.05, 0.1) is 0 Å². The van der Waals surface area contributed by atoms with E-state index < -0.39 is 0 Å². The lowest BCUT2D eigenvalue weighted by Gasteiger charge is -2.17. The van der Waals surface area contributed by atoms with Gasteiger partial charge in [0.1, 0.15) is 18.7 Å². The summed E-state index contributed by atoms with van der Waals surface area (Å²) in [7, 11) is 0. The van der Waals surface area contributed by atoms with Crippen molar-refractivity contribution in [3.8, 4) is 11.4 Å². The molecule has 1 aromatic heterocycles. The highest BCUT2D eigenvalue weighted by atomic mass is 19.1. The van der Waals surface area contributed by atoms with Gasteiger partial charge in [0, 0.05) is 23.4 Å². The van der Waals surface area contributed by atoms with Crippen LogP contribution in [0.2, 0.25) is 0 Å². The SMILES string of the molecule is O=C(Cn1cnc(-c2ccccc2)n1)N1CCc2c(F)cccc21. The Balaban J connectivity index is 1.52. The lowest BCUT2D eigenvalue weighted by Crippen LogP contribution is -2.32. The summed E-state index contributed by atoms with van der Waals surface area (Å²) in [6.45, 7) is 0.575. The Labute approximate surface area is 138 Å². The molecule has 0 N–H and O–H groups in total. The zero-order valence-corrected chi connectivity index (χ0v) is 12.9. The molecule has 1 amide bonds. The van der Waals surface area contributed by atoms with Gasteiger partial charge in [-0.25, -0.2) is 14.1 Å². The van der Waals surface area contributed by atoms with Crippen molar-refractivity contribution in [1.29, 1.82) is 0 Å². The summed E-state index contributed by atoms with van der Waals surface area (Å²) in [6.07, 6.45) is 2.09. The highest BCUT2D eigenvalue weighted by Gasteiger charge is 2.26. The number of anilines is 1. The maximum absolute atomic E-state index is 13.8. The first-order valence-corrected chi connectivity index (χ1v) is 7.75. The molecule has 120 valence electrons. The fourth-order valence-electron chi connectivity index (χ4n) is 2.96. The minimum absolute atomic E-state index is 0.0792. The molecule has 3 aromatic rings. The van der Waals surface area contributed by atoms with Crippen molar-refractivity contribution in [1.82, 2.24) is 14.8 Å². The third-order valence-corrected chi connectivity index (χ3v) is 4.14.